The molecule has 1 aromatic carbocycles. The first kappa shape index (κ1) is 50.8. The summed E-state index contributed by atoms with van der Waals surface area (Å²) in [6.45, 7) is 16.5. The van der Waals surface area contributed by atoms with E-state index in [1.807, 2.05) is 45.0 Å². The number of nitrogens with one attached hydrogen (secondary N) is 4. The lowest BCUT2D eigenvalue weighted by Crippen LogP contribution is -2.57. The highest BCUT2D eigenvalue weighted by Gasteiger charge is 2.37. The second-order valence-corrected chi connectivity index (χ2v) is 17.1. The van der Waals surface area contributed by atoms with E-state index in [4.69, 9.17) is 9.47 Å². The average molecular weight is 865 g/mol. The number of likely N-dealkylation sites (N-methyl/N-ethyl adjacent to an activating group) is 2. The molecule has 0 radical (unpaired) electrons. The number of cyclic esters (lactones) is 2. The van der Waals surface area contributed by atoms with Crippen LogP contribution in [0, 0.1) is 17.8 Å². The number of aliphatic hydroxyl groups excluding tert-OH is 1. The quantitative estimate of drug-likeness (QED) is 0.201. The van der Waals surface area contributed by atoms with Gasteiger partial charge in [0, 0.05) is 49.1 Å². The molecule has 0 aliphatic carbocycles. The van der Waals surface area contributed by atoms with Gasteiger partial charge in [-0.2, -0.15) is 0 Å². The van der Waals surface area contributed by atoms with Crippen molar-refractivity contribution in [1.29, 1.82) is 0 Å². The molecular formula is C46H68N6O10. The smallest absolute Gasteiger partial charge is 0.334 e. The zero-order chi connectivity index (χ0) is 46.6. The number of hydrogen-bond acceptors (Lipinski definition) is 10. The Morgan fingerprint density at radius 2 is 1.56 bits per heavy atom. The summed E-state index contributed by atoms with van der Waals surface area (Å²) in [5, 5.41) is 20.2. The van der Waals surface area contributed by atoms with Gasteiger partial charge in [-0.1, -0.05) is 71.4 Å². The van der Waals surface area contributed by atoms with Crippen molar-refractivity contribution in [3.05, 3.63) is 59.3 Å². The maximum absolute atomic E-state index is 14.4. The van der Waals surface area contributed by atoms with E-state index in [2.05, 4.69) is 20.9 Å². The Labute approximate surface area is 365 Å². The Morgan fingerprint density at radius 1 is 0.919 bits per heavy atom. The summed E-state index contributed by atoms with van der Waals surface area (Å²) >= 11 is 0. The maximum Gasteiger partial charge on any atom is 0.334 e. The third-order valence-electron chi connectivity index (χ3n) is 11.6. The van der Waals surface area contributed by atoms with Crippen molar-refractivity contribution >= 4 is 52.4 Å². The van der Waals surface area contributed by atoms with Gasteiger partial charge in [-0.25, -0.2) is 9.59 Å². The summed E-state index contributed by atoms with van der Waals surface area (Å²) in [6, 6.07) is 2.92. The predicted molar refractivity (Wildman–Crippen MR) is 235 cm³/mol. The van der Waals surface area contributed by atoms with Crippen LogP contribution in [-0.2, 0) is 49.5 Å². The van der Waals surface area contributed by atoms with Crippen molar-refractivity contribution in [2.75, 3.05) is 20.6 Å². The molecule has 1 aliphatic rings. The van der Waals surface area contributed by atoms with Crippen LogP contribution < -0.4 is 16.0 Å². The Morgan fingerprint density at radius 3 is 2.19 bits per heavy atom. The number of ether oxygens (including phenoxy) is 2. The molecule has 1 aliphatic heterocycles. The van der Waals surface area contributed by atoms with Crippen LogP contribution in [-0.4, -0.2) is 124 Å². The summed E-state index contributed by atoms with van der Waals surface area (Å²) in [7, 11) is 2.86. The number of aromatic amines is 1. The standard InChI is InChI=1S/C46H68N6O10/c1-13-26(5)39-42(56)49-31(10)46(60)62-40(27(6)14-2)29(8)36(53)20-19-28(7)45(59)61-37(21-25(3)4)41(55)48-30(9)43(57)52(12)35(44(58)51(11)24-38(54)50-39)22-32-23-47-34-18-16-15-17-33(32)34/h14-19,23,25-26,29-31,35-37,39-40,47,53H,13,20-22,24H2,1-12H3,(H,48,55)(H,49,56)(H,50,54)/b27-14+,28-19+/t26?,29-,30-,31+,35+,36-,37+,39-,40+/m0/s1. The molecule has 1 aromatic heterocycles. The second-order valence-electron chi connectivity index (χ2n) is 17.1. The molecule has 342 valence electrons. The highest BCUT2D eigenvalue weighted by atomic mass is 16.6. The number of carbonyl (C=O) groups excluding carboxylic acids is 7. The van der Waals surface area contributed by atoms with Gasteiger partial charge in [-0.3, -0.25) is 24.0 Å². The average Bonchev–Trinajstić information content (AvgIpc) is 3.65. The number of H-pyrrole nitrogens is 1. The molecule has 2 heterocycles. The molecule has 62 heavy (non-hydrogen) atoms. The topological polar surface area (TPSA) is 217 Å². The zero-order valence-electron chi connectivity index (χ0n) is 38.4. The van der Waals surface area contributed by atoms with E-state index in [0.717, 1.165) is 16.5 Å². The molecule has 9 atom stereocenters. The van der Waals surface area contributed by atoms with Gasteiger partial charge in [0.2, 0.25) is 23.6 Å². The molecule has 0 bridgehead atoms. The van der Waals surface area contributed by atoms with E-state index in [1.54, 1.807) is 40.0 Å². The van der Waals surface area contributed by atoms with Gasteiger partial charge in [-0.05, 0) is 76.5 Å². The number of para-hydroxylation sites is 1. The molecular weight excluding hydrogens is 797 g/mol. The number of aliphatic hydroxyl groups is 1. The molecule has 2 aromatic rings. The van der Waals surface area contributed by atoms with Gasteiger partial charge in [0.1, 0.15) is 30.3 Å². The van der Waals surface area contributed by atoms with Gasteiger partial charge >= 0.3 is 11.9 Å². The molecule has 16 nitrogen and oxygen atoms in total. The fourth-order valence-corrected chi connectivity index (χ4v) is 7.22. The number of benzene rings is 1. The molecule has 16 heteroatoms. The zero-order valence-corrected chi connectivity index (χ0v) is 38.4. The number of aromatic nitrogens is 1. The molecule has 0 saturated heterocycles. The third kappa shape index (κ3) is 13.5. The van der Waals surface area contributed by atoms with Crippen molar-refractivity contribution in [1.82, 2.24) is 30.7 Å². The predicted octanol–water partition coefficient (Wildman–Crippen LogP) is 3.72. The minimum Gasteiger partial charge on any atom is -0.456 e. The lowest BCUT2D eigenvalue weighted by atomic mass is 9.90. The van der Waals surface area contributed by atoms with Crippen LogP contribution in [0.25, 0.3) is 10.9 Å². The van der Waals surface area contributed by atoms with Crippen LogP contribution in [0.2, 0.25) is 0 Å². The van der Waals surface area contributed by atoms with Gasteiger partial charge in [0.25, 0.3) is 5.91 Å². The van der Waals surface area contributed by atoms with Crippen molar-refractivity contribution in [2.24, 2.45) is 17.8 Å². The number of rotatable bonds is 7. The Kier molecular flexibility index (Phi) is 18.9. The fraction of sp³-hybridized carbons (Fsp3) is 0.587. The van der Waals surface area contributed by atoms with Gasteiger partial charge in [-0.15, -0.1) is 0 Å². The van der Waals surface area contributed by atoms with Crippen LogP contribution in [0.4, 0.5) is 0 Å². The maximum atomic E-state index is 14.4. The van der Waals surface area contributed by atoms with Crippen molar-refractivity contribution in [3.8, 4) is 0 Å². The van der Waals surface area contributed by atoms with E-state index in [1.165, 1.54) is 50.7 Å². The summed E-state index contributed by atoms with van der Waals surface area (Å²) in [4.78, 5) is 102. The summed E-state index contributed by atoms with van der Waals surface area (Å²) in [5.41, 5.74) is 2.32. The summed E-state index contributed by atoms with van der Waals surface area (Å²) < 4.78 is 11.6. The lowest BCUT2D eigenvalue weighted by molar-refractivity contribution is -0.155. The van der Waals surface area contributed by atoms with Gasteiger partial charge in [0.05, 0.1) is 12.6 Å². The molecule has 1 unspecified atom stereocenters. The highest BCUT2D eigenvalue weighted by molar-refractivity contribution is 5.96. The van der Waals surface area contributed by atoms with Gasteiger partial charge in [0.15, 0.2) is 6.10 Å². The van der Waals surface area contributed by atoms with E-state index < -0.39 is 96.4 Å². The number of esters is 2. The molecule has 5 N–H and O–H groups in total. The minimum atomic E-state index is -1.27. The van der Waals surface area contributed by atoms with Crippen LogP contribution in [0.15, 0.2) is 53.8 Å². The first-order chi connectivity index (χ1) is 29.1. The second kappa shape index (κ2) is 23.1. The number of nitrogens with zero attached hydrogens (tertiary/aromatic N) is 2. The van der Waals surface area contributed by atoms with Crippen LogP contribution in [0.3, 0.4) is 0 Å². The first-order valence-corrected chi connectivity index (χ1v) is 21.5. The molecule has 0 saturated carbocycles. The van der Waals surface area contributed by atoms with E-state index in [-0.39, 0.29) is 36.7 Å². The molecule has 0 spiro atoms. The normalized spacial score (nSPS) is 28.1. The summed E-state index contributed by atoms with van der Waals surface area (Å²) in [5.74, 6) is -5.90. The molecule has 0 fully saturated rings. The lowest BCUT2D eigenvalue weighted by Gasteiger charge is -2.33. The highest BCUT2D eigenvalue weighted by Crippen LogP contribution is 2.25. The van der Waals surface area contributed by atoms with Crippen LogP contribution >= 0.6 is 0 Å². The number of carbonyl (C=O) groups is 7. The van der Waals surface area contributed by atoms with Crippen LogP contribution in [0.5, 0.6) is 0 Å². The summed E-state index contributed by atoms with van der Waals surface area (Å²) in [6.07, 6.45) is 2.36. The SMILES string of the molecule is C/C=C(\C)[C@H]1OC(=O)[C@@H](C)NC(=O)[C@H](C(C)CC)NC(=O)CN(C)C(=O)[C@@H](Cc2c[nH]c3ccccc23)N(C)C(=O)[C@H](C)NC(=O)[C@@H](CC(C)C)OC(=O)/C(C)=C/C[C@H](O)[C@@H]1C. The van der Waals surface area contributed by atoms with E-state index >= 15 is 0 Å². The fourth-order valence-electron chi connectivity index (χ4n) is 7.22. The Bertz CT molecular complexity index is 1990. The van der Waals surface area contributed by atoms with Crippen molar-refractivity contribution < 1.29 is 48.1 Å². The van der Waals surface area contributed by atoms with E-state index in [0.29, 0.717) is 12.0 Å². The number of amides is 5. The van der Waals surface area contributed by atoms with Crippen molar-refractivity contribution in [2.45, 2.75) is 137 Å². The minimum absolute atomic E-state index is 0.0255. The Balaban J connectivity index is 2.08. The number of allylic oxidation sites excluding steroid dienone is 1. The van der Waals surface area contributed by atoms with Crippen molar-refractivity contribution in [3.63, 3.8) is 0 Å². The van der Waals surface area contributed by atoms with E-state index in [9.17, 15) is 38.7 Å². The third-order valence-corrected chi connectivity index (χ3v) is 11.6. The van der Waals surface area contributed by atoms with Gasteiger partial charge < -0.3 is 45.3 Å². The largest absolute Gasteiger partial charge is 0.456 e. The first-order valence-electron chi connectivity index (χ1n) is 21.5. The number of hydrogen-bond donors (Lipinski definition) is 5. The monoisotopic (exact) mass is 864 g/mol. The molecule has 5 amide bonds. The van der Waals surface area contributed by atoms with Crippen LogP contribution in [0.1, 0.15) is 94.1 Å². The number of fused-ring (bicyclic) bond motifs is 1. The molecule has 3 rings (SSSR count). The Hall–Kier alpha value is -5.51.